The van der Waals surface area contributed by atoms with Crippen molar-refractivity contribution in [1.82, 2.24) is 4.90 Å². The lowest BCUT2D eigenvalue weighted by atomic mass is 9.70. The minimum atomic E-state index is -0.00809. The minimum Gasteiger partial charge on any atom is -0.303 e. The largest absolute Gasteiger partial charge is 0.303 e. The summed E-state index contributed by atoms with van der Waals surface area (Å²) in [7, 11) is 0. The number of carbonyl (C=O) groups excluding carboxylic acids is 1. The average molecular weight is 277 g/mol. The fraction of sp³-hybridized carbons (Fsp3) is 0.944. The molecule has 0 radical (unpaired) electrons. The van der Waals surface area contributed by atoms with Gasteiger partial charge in [-0.15, -0.1) is 0 Å². The number of carbonyl (C=O) groups is 1. The summed E-state index contributed by atoms with van der Waals surface area (Å²) in [5, 5.41) is 0. The third kappa shape index (κ3) is 2.95. The zero-order valence-electron chi connectivity index (χ0n) is 13.2. The molecule has 20 heavy (non-hydrogen) atoms. The Balaban J connectivity index is 1.66. The predicted molar refractivity (Wildman–Crippen MR) is 82.7 cm³/mol. The van der Waals surface area contributed by atoms with Crippen LogP contribution in [0.1, 0.15) is 71.1 Å². The molecule has 2 unspecified atom stereocenters. The summed E-state index contributed by atoms with van der Waals surface area (Å²) < 4.78 is 0. The Bertz CT molecular complexity index is 330. The average Bonchev–Trinajstić information content (AvgIpc) is 2.50. The van der Waals surface area contributed by atoms with E-state index in [4.69, 9.17) is 0 Å². The van der Waals surface area contributed by atoms with Crippen LogP contribution in [-0.2, 0) is 4.79 Å². The number of piperidine rings is 1. The summed E-state index contributed by atoms with van der Waals surface area (Å²) in [5.74, 6) is 1.76. The third-order valence-electron chi connectivity index (χ3n) is 6.40. The van der Waals surface area contributed by atoms with Gasteiger partial charge in [-0.1, -0.05) is 19.8 Å². The van der Waals surface area contributed by atoms with Gasteiger partial charge in [-0.2, -0.15) is 0 Å². The lowest BCUT2D eigenvalue weighted by Crippen LogP contribution is -2.52. The fourth-order valence-electron chi connectivity index (χ4n) is 4.98. The highest BCUT2D eigenvalue weighted by molar-refractivity contribution is 5.60. The van der Waals surface area contributed by atoms with Crippen LogP contribution in [0.3, 0.4) is 0 Å². The van der Waals surface area contributed by atoms with E-state index in [1.807, 2.05) is 0 Å². The van der Waals surface area contributed by atoms with Crippen LogP contribution in [0, 0.1) is 17.3 Å². The first kappa shape index (κ1) is 14.6. The highest BCUT2D eigenvalue weighted by Crippen LogP contribution is 2.41. The van der Waals surface area contributed by atoms with Crippen LogP contribution in [0.25, 0.3) is 0 Å². The molecule has 0 aromatic carbocycles. The van der Waals surface area contributed by atoms with Gasteiger partial charge in [0, 0.05) is 18.0 Å². The Morgan fingerprint density at radius 3 is 2.50 bits per heavy atom. The van der Waals surface area contributed by atoms with Crippen molar-refractivity contribution in [2.75, 3.05) is 13.1 Å². The van der Waals surface area contributed by atoms with Crippen LogP contribution >= 0.6 is 0 Å². The van der Waals surface area contributed by atoms with Gasteiger partial charge in [-0.3, -0.25) is 4.90 Å². The third-order valence-corrected chi connectivity index (χ3v) is 6.40. The zero-order chi connectivity index (χ0) is 14.0. The highest BCUT2D eigenvalue weighted by Gasteiger charge is 2.40. The Labute approximate surface area is 124 Å². The smallest absolute Gasteiger partial charge is 0.127 e. The van der Waals surface area contributed by atoms with Crippen LogP contribution in [-0.4, -0.2) is 30.3 Å². The van der Waals surface area contributed by atoms with Gasteiger partial charge in [0.1, 0.15) is 6.29 Å². The number of hydrogen-bond acceptors (Lipinski definition) is 2. The lowest BCUT2D eigenvalue weighted by Gasteiger charge is -2.48. The molecule has 2 saturated carbocycles. The van der Waals surface area contributed by atoms with E-state index in [1.54, 1.807) is 0 Å². The first-order chi connectivity index (χ1) is 9.72. The summed E-state index contributed by atoms with van der Waals surface area (Å²) >= 11 is 0. The monoisotopic (exact) mass is 277 g/mol. The van der Waals surface area contributed by atoms with Gasteiger partial charge in [0.05, 0.1) is 0 Å². The van der Waals surface area contributed by atoms with E-state index in [2.05, 4.69) is 11.8 Å². The first-order valence-electron chi connectivity index (χ1n) is 8.93. The minimum absolute atomic E-state index is 0.00809. The molecular formula is C18H31NO. The van der Waals surface area contributed by atoms with E-state index in [-0.39, 0.29) is 5.41 Å². The summed E-state index contributed by atoms with van der Waals surface area (Å²) in [6, 6.07) is 0.800. The van der Waals surface area contributed by atoms with Gasteiger partial charge < -0.3 is 4.79 Å². The van der Waals surface area contributed by atoms with Gasteiger partial charge >= 0.3 is 0 Å². The lowest BCUT2D eigenvalue weighted by molar-refractivity contribution is -0.121. The van der Waals surface area contributed by atoms with Crippen molar-refractivity contribution >= 4 is 6.29 Å². The Hall–Kier alpha value is -0.370. The number of fused-ring (bicyclic) bond motifs is 1. The van der Waals surface area contributed by atoms with Crippen molar-refractivity contribution in [2.24, 2.45) is 17.3 Å². The summed E-state index contributed by atoms with van der Waals surface area (Å²) in [4.78, 5) is 14.5. The number of hydrogen-bond donors (Lipinski definition) is 0. The second kappa shape index (κ2) is 6.17. The van der Waals surface area contributed by atoms with Gasteiger partial charge in [0.15, 0.2) is 0 Å². The van der Waals surface area contributed by atoms with E-state index >= 15 is 0 Å². The molecule has 0 aromatic rings. The summed E-state index contributed by atoms with van der Waals surface area (Å²) in [5.41, 5.74) is -0.00809. The Kier molecular flexibility index (Phi) is 4.49. The van der Waals surface area contributed by atoms with E-state index < -0.39 is 0 Å². The summed E-state index contributed by atoms with van der Waals surface area (Å²) in [6.07, 6.45) is 14.5. The highest BCUT2D eigenvalue weighted by atomic mass is 16.1. The molecule has 3 fully saturated rings. The van der Waals surface area contributed by atoms with Crippen molar-refractivity contribution in [3.05, 3.63) is 0 Å². The number of rotatable bonds is 3. The molecule has 0 spiro atoms. The van der Waals surface area contributed by atoms with Crippen molar-refractivity contribution in [3.63, 3.8) is 0 Å². The van der Waals surface area contributed by atoms with Gasteiger partial charge in [0.25, 0.3) is 0 Å². The maximum atomic E-state index is 11.8. The van der Waals surface area contributed by atoms with Crippen molar-refractivity contribution in [1.29, 1.82) is 0 Å². The molecule has 2 heteroatoms. The van der Waals surface area contributed by atoms with Crippen LogP contribution in [0.4, 0.5) is 0 Å². The molecule has 1 saturated heterocycles. The second-order valence-corrected chi connectivity index (χ2v) is 7.89. The fourth-order valence-corrected chi connectivity index (χ4v) is 4.98. The Morgan fingerprint density at radius 1 is 1.05 bits per heavy atom. The van der Waals surface area contributed by atoms with Crippen LogP contribution in [0.2, 0.25) is 0 Å². The zero-order valence-corrected chi connectivity index (χ0v) is 13.2. The second-order valence-electron chi connectivity index (χ2n) is 7.89. The quantitative estimate of drug-likeness (QED) is 0.726. The summed E-state index contributed by atoms with van der Waals surface area (Å²) in [6.45, 7) is 4.64. The normalized spacial score (nSPS) is 43.0. The molecule has 0 N–H and O–H groups in total. The first-order valence-corrected chi connectivity index (χ1v) is 8.93. The van der Waals surface area contributed by atoms with Gasteiger partial charge in [-0.05, 0) is 69.7 Å². The van der Waals surface area contributed by atoms with Crippen LogP contribution in [0.5, 0.6) is 0 Å². The van der Waals surface area contributed by atoms with Crippen LogP contribution < -0.4 is 0 Å². The standard InChI is InChI=1S/C18H31NO/c1-15-8-10-18(14-20,11-9-15)13-19-12-4-6-16-5-2-3-7-17(16)19/h14-17H,2-13H2,1H3. The Morgan fingerprint density at radius 2 is 1.75 bits per heavy atom. The van der Waals surface area contributed by atoms with E-state index in [0.717, 1.165) is 37.3 Å². The van der Waals surface area contributed by atoms with E-state index in [1.165, 1.54) is 64.2 Å². The van der Waals surface area contributed by atoms with Gasteiger partial charge in [0.2, 0.25) is 0 Å². The van der Waals surface area contributed by atoms with Crippen molar-refractivity contribution in [3.8, 4) is 0 Å². The molecule has 3 rings (SSSR count). The molecule has 3 aliphatic rings. The molecule has 2 aliphatic carbocycles. The van der Waals surface area contributed by atoms with Crippen molar-refractivity contribution < 1.29 is 4.79 Å². The number of nitrogens with zero attached hydrogens (tertiary/aromatic N) is 1. The molecule has 2 atom stereocenters. The SMILES string of the molecule is CC1CCC(C=O)(CN2CCCC3CCCCC32)CC1. The van der Waals surface area contributed by atoms with Gasteiger partial charge in [-0.25, -0.2) is 0 Å². The predicted octanol–water partition coefficient (Wildman–Crippen LogP) is 4.04. The topological polar surface area (TPSA) is 20.3 Å². The van der Waals surface area contributed by atoms with E-state index in [9.17, 15) is 4.79 Å². The van der Waals surface area contributed by atoms with Crippen molar-refractivity contribution in [2.45, 2.75) is 77.2 Å². The molecule has 1 aliphatic heterocycles. The number of likely N-dealkylation sites (tertiary alicyclic amines) is 1. The molecule has 1 heterocycles. The molecule has 0 aromatic heterocycles. The molecule has 2 nitrogen and oxygen atoms in total. The molecular weight excluding hydrogens is 246 g/mol. The molecule has 0 amide bonds. The number of aldehydes is 1. The maximum absolute atomic E-state index is 11.8. The van der Waals surface area contributed by atoms with Crippen LogP contribution in [0.15, 0.2) is 0 Å². The molecule has 114 valence electrons. The van der Waals surface area contributed by atoms with E-state index in [0.29, 0.717) is 0 Å². The maximum Gasteiger partial charge on any atom is 0.127 e. The molecule has 0 bridgehead atoms.